The van der Waals surface area contributed by atoms with Gasteiger partial charge < -0.3 is 4.74 Å². The van der Waals surface area contributed by atoms with E-state index in [-0.39, 0.29) is 0 Å². The van der Waals surface area contributed by atoms with E-state index >= 15 is 0 Å². The van der Waals surface area contributed by atoms with E-state index in [9.17, 15) is 0 Å². The van der Waals surface area contributed by atoms with Crippen molar-refractivity contribution in [2.24, 2.45) is 4.99 Å². The van der Waals surface area contributed by atoms with E-state index in [1.165, 1.54) is 0 Å². The minimum absolute atomic E-state index is 0.627. The average molecular weight is 224 g/mol. The van der Waals surface area contributed by atoms with Crippen LogP contribution >= 0.6 is 11.6 Å². The molecular weight excluding hydrogens is 210 g/mol. The molecule has 0 saturated heterocycles. The average Bonchev–Trinajstić information content (AvgIpc) is 2.26. The Labute approximate surface area is 95.2 Å². The highest BCUT2D eigenvalue weighted by molar-refractivity contribution is 6.32. The number of rotatable bonds is 3. The van der Waals surface area contributed by atoms with E-state index in [0.717, 1.165) is 22.6 Å². The van der Waals surface area contributed by atoms with Crippen LogP contribution in [0, 0.1) is 0 Å². The van der Waals surface area contributed by atoms with E-state index in [4.69, 9.17) is 16.3 Å². The summed E-state index contributed by atoms with van der Waals surface area (Å²) in [7, 11) is 3.36. The Morgan fingerprint density at radius 1 is 1.53 bits per heavy atom. The third kappa shape index (κ3) is 2.39. The molecule has 0 fully saturated rings. The van der Waals surface area contributed by atoms with Gasteiger partial charge in [-0.15, -0.1) is 0 Å². The zero-order valence-electron chi connectivity index (χ0n) is 9.17. The number of halogens is 1. The van der Waals surface area contributed by atoms with Gasteiger partial charge in [0.25, 0.3) is 0 Å². The largest absolute Gasteiger partial charge is 0.496 e. The first-order chi connectivity index (χ1) is 7.13. The first-order valence-corrected chi connectivity index (χ1v) is 4.95. The smallest absolute Gasteiger partial charge is 0.128 e. The summed E-state index contributed by atoms with van der Waals surface area (Å²) in [6.07, 6.45) is 1.68. The predicted molar refractivity (Wildman–Crippen MR) is 66.2 cm³/mol. The molecule has 0 aliphatic heterocycles. The second-order valence-corrected chi connectivity index (χ2v) is 3.49. The fourth-order valence-electron chi connectivity index (χ4n) is 1.30. The lowest BCUT2D eigenvalue weighted by Gasteiger charge is -2.09. The molecule has 0 radical (unpaired) electrons. The standard InChI is InChI=1S/C12H14ClNO/c1-5-10-11(13)6-9(8(2)14-3)7-12(10)15-4/h5-7H,1H2,2-4H3. The molecule has 2 nitrogen and oxygen atoms in total. The molecule has 1 rings (SSSR count). The highest BCUT2D eigenvalue weighted by Gasteiger charge is 2.08. The molecule has 0 bridgehead atoms. The van der Waals surface area contributed by atoms with Gasteiger partial charge in [0, 0.05) is 23.9 Å². The Hall–Kier alpha value is -1.28. The van der Waals surface area contributed by atoms with Crippen molar-refractivity contribution in [3.8, 4) is 5.75 Å². The molecule has 0 N–H and O–H groups in total. The van der Waals surface area contributed by atoms with Crippen molar-refractivity contribution in [1.82, 2.24) is 0 Å². The van der Waals surface area contributed by atoms with Crippen molar-refractivity contribution in [2.75, 3.05) is 14.2 Å². The maximum absolute atomic E-state index is 6.11. The summed E-state index contributed by atoms with van der Waals surface area (Å²) in [6, 6.07) is 3.77. The van der Waals surface area contributed by atoms with Gasteiger partial charge >= 0.3 is 0 Å². The van der Waals surface area contributed by atoms with Crippen LogP contribution in [0.4, 0.5) is 0 Å². The van der Waals surface area contributed by atoms with Crippen molar-refractivity contribution in [2.45, 2.75) is 6.92 Å². The molecule has 80 valence electrons. The molecule has 15 heavy (non-hydrogen) atoms. The number of nitrogens with zero attached hydrogens (tertiary/aromatic N) is 1. The van der Waals surface area contributed by atoms with Crippen LogP contribution in [-0.2, 0) is 0 Å². The molecule has 0 heterocycles. The quantitative estimate of drug-likeness (QED) is 0.720. The Bertz CT molecular complexity index is 410. The molecule has 1 aromatic rings. The molecule has 1 aromatic carbocycles. The fraction of sp³-hybridized carbons (Fsp3) is 0.250. The highest BCUT2D eigenvalue weighted by Crippen LogP contribution is 2.29. The summed E-state index contributed by atoms with van der Waals surface area (Å²) in [4.78, 5) is 4.11. The monoisotopic (exact) mass is 223 g/mol. The third-order valence-corrected chi connectivity index (χ3v) is 2.58. The maximum Gasteiger partial charge on any atom is 0.128 e. The minimum Gasteiger partial charge on any atom is -0.496 e. The number of aliphatic imine (C=N–C) groups is 1. The van der Waals surface area contributed by atoms with Gasteiger partial charge in [0.2, 0.25) is 0 Å². The molecule has 0 atom stereocenters. The second kappa shape index (κ2) is 4.99. The van der Waals surface area contributed by atoms with Crippen molar-refractivity contribution in [3.05, 3.63) is 34.9 Å². The summed E-state index contributed by atoms with van der Waals surface area (Å²) in [6.45, 7) is 5.63. The van der Waals surface area contributed by atoms with Gasteiger partial charge in [-0.3, -0.25) is 4.99 Å². The van der Waals surface area contributed by atoms with Crippen molar-refractivity contribution >= 4 is 23.4 Å². The number of benzene rings is 1. The van der Waals surface area contributed by atoms with Crippen LogP contribution in [0.25, 0.3) is 6.08 Å². The molecule has 0 amide bonds. The molecular formula is C12H14ClNO. The van der Waals surface area contributed by atoms with Gasteiger partial charge in [-0.05, 0) is 19.1 Å². The van der Waals surface area contributed by atoms with E-state index in [0.29, 0.717) is 5.02 Å². The van der Waals surface area contributed by atoms with Gasteiger partial charge in [-0.1, -0.05) is 24.3 Å². The first-order valence-electron chi connectivity index (χ1n) is 4.57. The Morgan fingerprint density at radius 2 is 2.20 bits per heavy atom. The lowest BCUT2D eigenvalue weighted by Crippen LogP contribution is -1.97. The predicted octanol–water partition coefficient (Wildman–Crippen LogP) is 3.43. The topological polar surface area (TPSA) is 21.6 Å². The summed E-state index contributed by atoms with van der Waals surface area (Å²) >= 11 is 6.11. The molecule has 3 heteroatoms. The van der Waals surface area contributed by atoms with Crippen LogP contribution in [0.15, 0.2) is 23.7 Å². The van der Waals surface area contributed by atoms with Crippen LogP contribution in [0.3, 0.4) is 0 Å². The van der Waals surface area contributed by atoms with Crippen LogP contribution in [0.5, 0.6) is 5.75 Å². The lowest BCUT2D eigenvalue weighted by atomic mass is 10.1. The van der Waals surface area contributed by atoms with Crippen LogP contribution < -0.4 is 4.74 Å². The van der Waals surface area contributed by atoms with E-state index < -0.39 is 0 Å². The van der Waals surface area contributed by atoms with Crippen molar-refractivity contribution in [3.63, 3.8) is 0 Å². The fourth-order valence-corrected chi connectivity index (χ4v) is 1.59. The zero-order valence-corrected chi connectivity index (χ0v) is 9.93. The Morgan fingerprint density at radius 3 is 2.67 bits per heavy atom. The van der Waals surface area contributed by atoms with Crippen LogP contribution in [0.1, 0.15) is 18.1 Å². The summed E-state index contributed by atoms with van der Waals surface area (Å²) in [5, 5.41) is 0.627. The molecule has 0 unspecified atom stereocenters. The second-order valence-electron chi connectivity index (χ2n) is 3.09. The van der Waals surface area contributed by atoms with Gasteiger partial charge in [0.1, 0.15) is 5.75 Å². The first kappa shape index (κ1) is 11.8. The van der Waals surface area contributed by atoms with Gasteiger partial charge in [0.15, 0.2) is 0 Å². The Balaban J connectivity index is 3.38. The van der Waals surface area contributed by atoms with Crippen molar-refractivity contribution < 1.29 is 4.74 Å². The van der Waals surface area contributed by atoms with Gasteiger partial charge in [-0.25, -0.2) is 0 Å². The number of ether oxygens (including phenoxy) is 1. The SMILES string of the molecule is C=Cc1c(Cl)cc(C(C)=NC)cc1OC. The van der Waals surface area contributed by atoms with E-state index in [1.54, 1.807) is 20.2 Å². The number of hydrogen-bond acceptors (Lipinski definition) is 2. The molecule has 0 spiro atoms. The molecule has 0 saturated carbocycles. The summed E-state index contributed by atoms with van der Waals surface area (Å²) < 4.78 is 5.24. The Kier molecular flexibility index (Phi) is 3.92. The molecule has 0 aliphatic rings. The zero-order chi connectivity index (χ0) is 11.4. The van der Waals surface area contributed by atoms with Crippen LogP contribution in [-0.4, -0.2) is 19.9 Å². The molecule has 0 aromatic heterocycles. The number of hydrogen-bond donors (Lipinski definition) is 0. The van der Waals surface area contributed by atoms with Gasteiger partial charge in [0.05, 0.1) is 12.1 Å². The number of methoxy groups -OCH3 is 1. The maximum atomic E-state index is 6.11. The third-order valence-electron chi connectivity index (χ3n) is 2.27. The highest BCUT2D eigenvalue weighted by atomic mass is 35.5. The van der Waals surface area contributed by atoms with Crippen LogP contribution in [0.2, 0.25) is 5.02 Å². The van der Waals surface area contributed by atoms with Gasteiger partial charge in [-0.2, -0.15) is 0 Å². The summed E-state index contributed by atoms with van der Waals surface area (Å²) in [5.41, 5.74) is 2.70. The van der Waals surface area contributed by atoms with E-state index in [1.807, 2.05) is 19.1 Å². The van der Waals surface area contributed by atoms with Crippen molar-refractivity contribution in [1.29, 1.82) is 0 Å². The molecule has 0 aliphatic carbocycles. The minimum atomic E-state index is 0.627. The summed E-state index contributed by atoms with van der Waals surface area (Å²) in [5.74, 6) is 0.718. The lowest BCUT2D eigenvalue weighted by molar-refractivity contribution is 0.414. The normalized spacial score (nSPS) is 11.3. The van der Waals surface area contributed by atoms with E-state index in [2.05, 4.69) is 11.6 Å².